The Hall–Kier alpha value is -3.72. The monoisotopic (exact) mass is 442 g/mol. The third kappa shape index (κ3) is 3.94. The maximum Gasteiger partial charge on any atom is 0.343 e. The molecule has 170 valence electrons. The molecule has 0 saturated carbocycles. The number of aliphatic hydroxyl groups excluding tert-OH is 1. The van der Waals surface area contributed by atoms with E-state index >= 15 is 0 Å². The number of hydrogen-bond donors (Lipinski definition) is 2. The summed E-state index contributed by atoms with van der Waals surface area (Å²) in [5.41, 5.74) is 3.89. The first-order valence-electron chi connectivity index (χ1n) is 9.92. The minimum absolute atomic E-state index is 0.0662. The van der Waals surface area contributed by atoms with Crippen molar-refractivity contribution in [2.45, 2.75) is 27.7 Å². The zero-order chi connectivity index (χ0) is 23.6. The zero-order valence-corrected chi connectivity index (χ0v) is 18.8. The Bertz CT molecular complexity index is 1130. The summed E-state index contributed by atoms with van der Waals surface area (Å²) >= 11 is 0. The van der Waals surface area contributed by atoms with Crippen molar-refractivity contribution in [3.8, 4) is 22.9 Å². The SMILES string of the molecule is CCOC(=O)C1=C(O)/C(=C\c2cc(C)n(-c3cc(OC)c(OC)c(OO)c3)c2C)N=C1C. The van der Waals surface area contributed by atoms with Crippen LogP contribution in [0.25, 0.3) is 11.8 Å². The number of aliphatic hydroxyl groups is 1. The van der Waals surface area contributed by atoms with Gasteiger partial charge in [-0.2, -0.15) is 0 Å². The minimum Gasteiger partial charge on any atom is -0.505 e. The Kier molecular flexibility index (Phi) is 6.59. The van der Waals surface area contributed by atoms with Gasteiger partial charge in [0.05, 0.1) is 32.2 Å². The van der Waals surface area contributed by atoms with Crippen molar-refractivity contribution in [1.82, 2.24) is 4.57 Å². The van der Waals surface area contributed by atoms with Crippen LogP contribution >= 0.6 is 0 Å². The molecule has 0 radical (unpaired) electrons. The predicted octanol–water partition coefficient (Wildman–Crippen LogP) is 4.15. The van der Waals surface area contributed by atoms with Gasteiger partial charge in [-0.05, 0) is 45.4 Å². The van der Waals surface area contributed by atoms with Gasteiger partial charge in [0.1, 0.15) is 11.3 Å². The number of carbonyl (C=O) groups excluding carboxylic acids is 1. The molecule has 9 heteroatoms. The number of esters is 1. The molecule has 32 heavy (non-hydrogen) atoms. The summed E-state index contributed by atoms with van der Waals surface area (Å²) in [6.45, 7) is 7.35. The van der Waals surface area contributed by atoms with Crippen molar-refractivity contribution < 1.29 is 34.3 Å². The average Bonchev–Trinajstić information content (AvgIpc) is 3.20. The lowest BCUT2D eigenvalue weighted by Crippen LogP contribution is -2.13. The first kappa shape index (κ1) is 23.0. The fourth-order valence-corrected chi connectivity index (χ4v) is 3.73. The average molecular weight is 442 g/mol. The summed E-state index contributed by atoms with van der Waals surface area (Å²) in [6.07, 6.45) is 1.70. The summed E-state index contributed by atoms with van der Waals surface area (Å²) in [7, 11) is 2.94. The maximum atomic E-state index is 12.1. The molecule has 0 saturated heterocycles. The third-order valence-corrected chi connectivity index (χ3v) is 5.16. The van der Waals surface area contributed by atoms with Crippen LogP contribution in [-0.4, -0.2) is 47.4 Å². The van der Waals surface area contributed by atoms with E-state index in [1.165, 1.54) is 14.2 Å². The number of benzene rings is 1. The smallest absolute Gasteiger partial charge is 0.343 e. The van der Waals surface area contributed by atoms with Crippen molar-refractivity contribution >= 4 is 17.8 Å². The quantitative estimate of drug-likeness (QED) is 0.376. The lowest BCUT2D eigenvalue weighted by molar-refractivity contribution is -0.139. The number of ether oxygens (including phenoxy) is 3. The molecule has 3 rings (SSSR count). The Morgan fingerprint density at radius 3 is 2.41 bits per heavy atom. The van der Waals surface area contributed by atoms with Gasteiger partial charge in [0.25, 0.3) is 0 Å². The molecule has 1 aromatic heterocycles. The molecule has 9 nitrogen and oxygen atoms in total. The molecular weight excluding hydrogens is 416 g/mol. The van der Waals surface area contributed by atoms with E-state index in [1.54, 1.807) is 32.1 Å². The normalized spacial score (nSPS) is 14.6. The lowest BCUT2D eigenvalue weighted by Gasteiger charge is -2.15. The number of carbonyl (C=O) groups is 1. The van der Waals surface area contributed by atoms with Crippen molar-refractivity contribution in [1.29, 1.82) is 0 Å². The number of hydrogen-bond acceptors (Lipinski definition) is 8. The number of nitrogens with zero attached hydrogens (tertiary/aromatic N) is 2. The molecule has 0 spiro atoms. The molecule has 1 aliphatic rings. The summed E-state index contributed by atoms with van der Waals surface area (Å²) in [5.74, 6) is -0.0715. The van der Waals surface area contributed by atoms with Crippen molar-refractivity contribution in [3.05, 3.63) is 52.2 Å². The molecule has 0 fully saturated rings. The van der Waals surface area contributed by atoms with Crippen LogP contribution in [-0.2, 0) is 9.53 Å². The summed E-state index contributed by atoms with van der Waals surface area (Å²) < 4.78 is 17.6. The molecule has 0 aliphatic carbocycles. The highest BCUT2D eigenvalue weighted by Crippen LogP contribution is 2.40. The van der Waals surface area contributed by atoms with Gasteiger partial charge in [-0.25, -0.2) is 15.0 Å². The van der Waals surface area contributed by atoms with Gasteiger partial charge in [0.2, 0.25) is 11.5 Å². The van der Waals surface area contributed by atoms with Gasteiger partial charge in [0.15, 0.2) is 11.5 Å². The highest BCUT2D eigenvalue weighted by atomic mass is 17.1. The standard InChI is InChI=1S/C23H26N2O7/c1-7-31-23(27)20-13(3)24-17(21(20)26)9-15-8-12(2)25(14(15)4)16-10-18(29-5)22(30-6)19(11-16)32-28/h8-11,26,28H,7H2,1-6H3/b17-9+. The number of rotatable bonds is 7. The molecule has 1 aromatic carbocycles. The van der Waals surface area contributed by atoms with E-state index in [1.807, 2.05) is 24.5 Å². The first-order chi connectivity index (χ1) is 15.3. The second-order valence-electron chi connectivity index (χ2n) is 7.10. The number of methoxy groups -OCH3 is 2. The Morgan fingerprint density at radius 2 is 1.81 bits per heavy atom. The van der Waals surface area contributed by atoms with E-state index in [2.05, 4.69) is 9.88 Å². The number of aromatic nitrogens is 1. The van der Waals surface area contributed by atoms with Crippen LogP contribution in [0.2, 0.25) is 0 Å². The molecule has 2 aromatic rings. The van der Waals surface area contributed by atoms with Crippen LogP contribution in [0, 0.1) is 13.8 Å². The van der Waals surface area contributed by atoms with Crippen LogP contribution in [0.4, 0.5) is 0 Å². The van der Waals surface area contributed by atoms with Crippen molar-refractivity contribution in [2.24, 2.45) is 4.99 Å². The summed E-state index contributed by atoms with van der Waals surface area (Å²) in [5, 5.41) is 19.9. The van der Waals surface area contributed by atoms with E-state index < -0.39 is 5.97 Å². The Labute approximate surface area is 185 Å². The highest BCUT2D eigenvalue weighted by Gasteiger charge is 2.28. The zero-order valence-electron chi connectivity index (χ0n) is 18.8. The molecule has 0 amide bonds. The third-order valence-electron chi connectivity index (χ3n) is 5.16. The molecule has 1 aliphatic heterocycles. The van der Waals surface area contributed by atoms with Crippen LogP contribution < -0.4 is 14.4 Å². The van der Waals surface area contributed by atoms with Gasteiger partial charge in [-0.1, -0.05) is 0 Å². The largest absolute Gasteiger partial charge is 0.505 e. The van der Waals surface area contributed by atoms with Gasteiger partial charge < -0.3 is 28.8 Å². The predicted molar refractivity (Wildman–Crippen MR) is 119 cm³/mol. The van der Waals surface area contributed by atoms with E-state index in [9.17, 15) is 15.2 Å². The molecular formula is C23H26N2O7. The van der Waals surface area contributed by atoms with Gasteiger partial charge in [-0.3, -0.25) is 0 Å². The highest BCUT2D eigenvalue weighted by molar-refractivity contribution is 6.22. The van der Waals surface area contributed by atoms with Crippen LogP contribution in [0.15, 0.2) is 40.2 Å². The molecule has 2 N–H and O–H groups in total. The molecule has 0 atom stereocenters. The Balaban J connectivity index is 2.10. The number of aliphatic imine (C=N–C) groups is 1. The first-order valence-corrected chi connectivity index (χ1v) is 9.92. The fourth-order valence-electron chi connectivity index (χ4n) is 3.73. The summed E-state index contributed by atoms with van der Waals surface area (Å²) in [6, 6.07) is 5.29. The lowest BCUT2D eigenvalue weighted by atomic mass is 10.1. The van der Waals surface area contributed by atoms with E-state index in [-0.39, 0.29) is 35.1 Å². The molecule has 0 bridgehead atoms. The van der Waals surface area contributed by atoms with E-state index in [0.717, 1.165) is 17.0 Å². The van der Waals surface area contributed by atoms with Crippen molar-refractivity contribution in [2.75, 3.05) is 20.8 Å². The fraction of sp³-hybridized carbons (Fsp3) is 0.304. The second-order valence-corrected chi connectivity index (χ2v) is 7.10. The van der Waals surface area contributed by atoms with Gasteiger partial charge in [0, 0.05) is 23.5 Å². The van der Waals surface area contributed by atoms with Gasteiger partial charge in [-0.15, -0.1) is 0 Å². The van der Waals surface area contributed by atoms with Gasteiger partial charge >= 0.3 is 5.97 Å². The van der Waals surface area contributed by atoms with E-state index in [0.29, 0.717) is 17.1 Å². The van der Waals surface area contributed by atoms with Crippen molar-refractivity contribution in [3.63, 3.8) is 0 Å². The van der Waals surface area contributed by atoms with E-state index in [4.69, 9.17) is 14.2 Å². The Morgan fingerprint density at radius 1 is 1.12 bits per heavy atom. The number of aryl methyl sites for hydroxylation is 1. The van der Waals surface area contributed by atoms with Crippen LogP contribution in [0.1, 0.15) is 30.8 Å². The maximum absolute atomic E-state index is 12.1. The van der Waals surface area contributed by atoms with Crippen LogP contribution in [0.5, 0.6) is 17.2 Å². The minimum atomic E-state index is -0.609. The molecule has 0 unspecified atom stereocenters. The topological polar surface area (TPSA) is 112 Å². The molecule has 2 heterocycles. The second kappa shape index (κ2) is 9.19. The van der Waals surface area contributed by atoms with Crippen LogP contribution in [0.3, 0.4) is 0 Å². The summed E-state index contributed by atoms with van der Waals surface area (Å²) in [4.78, 5) is 21.0.